The molecule has 2 fully saturated rings. The van der Waals surface area contributed by atoms with Crippen LogP contribution in [0.15, 0.2) is 28.7 Å². The monoisotopic (exact) mass is 522 g/mol. The number of nitrogens with zero attached hydrogens (tertiary/aromatic N) is 2. The Bertz CT molecular complexity index is 1190. The van der Waals surface area contributed by atoms with Crippen LogP contribution >= 0.6 is 0 Å². The first kappa shape index (κ1) is 26.3. The molecule has 3 amide bonds. The fraction of sp³-hybridized carbons (Fsp3) is 0.552. The highest BCUT2D eigenvalue weighted by Gasteiger charge is 2.40. The molecule has 5 rings (SSSR count). The van der Waals surface area contributed by atoms with Gasteiger partial charge in [-0.3, -0.25) is 19.3 Å². The topological polar surface area (TPSA) is 104 Å². The smallest absolute Gasteiger partial charge is 0.290 e. The van der Waals surface area contributed by atoms with Gasteiger partial charge < -0.3 is 24.7 Å². The van der Waals surface area contributed by atoms with Crippen molar-refractivity contribution < 1.29 is 23.5 Å². The van der Waals surface area contributed by atoms with E-state index in [1.807, 2.05) is 26.0 Å². The third-order valence-electron chi connectivity index (χ3n) is 7.93. The predicted molar refractivity (Wildman–Crippen MR) is 142 cm³/mol. The fourth-order valence-electron chi connectivity index (χ4n) is 5.85. The van der Waals surface area contributed by atoms with Crippen LogP contribution in [0.4, 0.5) is 0 Å². The number of hydrogen-bond acceptors (Lipinski definition) is 6. The second-order valence-electron chi connectivity index (χ2n) is 10.6. The first-order valence-electron chi connectivity index (χ1n) is 13.9. The lowest BCUT2D eigenvalue weighted by atomic mass is 10.1. The summed E-state index contributed by atoms with van der Waals surface area (Å²) in [6.07, 6.45) is 4.70. The number of nitrogens with one attached hydrogen (secondary N) is 2. The highest BCUT2D eigenvalue weighted by atomic mass is 16.5. The van der Waals surface area contributed by atoms with Crippen molar-refractivity contribution in [2.24, 2.45) is 0 Å². The second-order valence-corrected chi connectivity index (χ2v) is 10.6. The van der Waals surface area contributed by atoms with Gasteiger partial charge in [0, 0.05) is 49.1 Å². The number of ether oxygens (including phenoxy) is 1. The molecule has 9 nitrogen and oxygen atoms in total. The van der Waals surface area contributed by atoms with Gasteiger partial charge in [0.25, 0.3) is 11.8 Å². The Morgan fingerprint density at radius 1 is 1.08 bits per heavy atom. The standard InChI is InChI=1S/C29H38N4O5/c1-3-24-21(18-32-11-4-5-12-32)15-26(38-24)29(36)33-22-8-9-23(33)17-31-28(35)20-7-6-19(2)25(14-20)37-13-10-30-27(34)16-22/h6-7,14-15,22-23H,3-5,8-13,16-18H2,1-2H3,(H,30,34)(H,31,35)/t22-,23+/m0/s1. The van der Waals surface area contributed by atoms with Gasteiger partial charge in [-0.05, 0) is 69.5 Å². The Balaban J connectivity index is 1.39. The van der Waals surface area contributed by atoms with E-state index >= 15 is 0 Å². The summed E-state index contributed by atoms with van der Waals surface area (Å²) in [5.41, 5.74) is 2.48. The number of amides is 3. The largest absolute Gasteiger partial charge is 0.491 e. The van der Waals surface area contributed by atoms with E-state index in [1.165, 1.54) is 12.8 Å². The lowest BCUT2D eigenvalue weighted by Gasteiger charge is -2.29. The molecule has 0 radical (unpaired) electrons. The molecule has 4 bridgehead atoms. The minimum atomic E-state index is -0.268. The van der Waals surface area contributed by atoms with Gasteiger partial charge in [-0.2, -0.15) is 0 Å². The zero-order valence-corrected chi connectivity index (χ0v) is 22.4. The maximum Gasteiger partial charge on any atom is 0.290 e. The van der Waals surface area contributed by atoms with Gasteiger partial charge in [0.2, 0.25) is 5.91 Å². The SMILES string of the molecule is CCc1oc(C(=O)N2[C@@H]3CC[C@H]2CC(=O)NCCOc2cc(ccc2C)C(=O)NC3)cc1CN1CCCC1. The third-order valence-corrected chi connectivity index (χ3v) is 7.93. The van der Waals surface area contributed by atoms with E-state index in [0.717, 1.165) is 36.5 Å². The van der Waals surface area contributed by atoms with E-state index < -0.39 is 0 Å². The van der Waals surface area contributed by atoms with E-state index in [1.54, 1.807) is 17.0 Å². The van der Waals surface area contributed by atoms with E-state index in [-0.39, 0.29) is 36.2 Å². The van der Waals surface area contributed by atoms with Crippen LogP contribution in [0.3, 0.4) is 0 Å². The molecule has 0 saturated carbocycles. The summed E-state index contributed by atoms with van der Waals surface area (Å²) >= 11 is 0. The number of fused-ring (bicyclic) bond motifs is 4. The molecule has 2 aromatic rings. The molecular formula is C29H38N4O5. The summed E-state index contributed by atoms with van der Waals surface area (Å²) in [6.45, 7) is 7.80. The number of rotatable bonds is 4. The van der Waals surface area contributed by atoms with Crippen molar-refractivity contribution in [3.63, 3.8) is 0 Å². The molecule has 9 heteroatoms. The molecule has 0 unspecified atom stereocenters. The molecule has 2 N–H and O–H groups in total. The molecular weight excluding hydrogens is 484 g/mol. The van der Waals surface area contributed by atoms with Gasteiger partial charge >= 0.3 is 0 Å². The Hall–Kier alpha value is -3.33. The summed E-state index contributed by atoms with van der Waals surface area (Å²) in [7, 11) is 0. The first-order chi connectivity index (χ1) is 18.4. The quantitative estimate of drug-likeness (QED) is 0.640. The van der Waals surface area contributed by atoms with Gasteiger partial charge in [0.05, 0.1) is 6.54 Å². The number of hydrogen-bond donors (Lipinski definition) is 2. The minimum Gasteiger partial charge on any atom is -0.491 e. The number of carbonyl (C=O) groups excluding carboxylic acids is 3. The molecule has 4 heterocycles. The summed E-state index contributed by atoms with van der Waals surface area (Å²) in [6, 6.07) is 6.74. The van der Waals surface area contributed by atoms with Crippen molar-refractivity contribution in [3.05, 3.63) is 52.5 Å². The van der Waals surface area contributed by atoms with E-state index in [2.05, 4.69) is 15.5 Å². The van der Waals surface area contributed by atoms with Gasteiger partial charge in [-0.1, -0.05) is 13.0 Å². The van der Waals surface area contributed by atoms with Crippen LogP contribution in [0.5, 0.6) is 5.75 Å². The minimum absolute atomic E-state index is 0.121. The average Bonchev–Trinajstić information content (AvgIpc) is 3.66. The molecule has 1 aromatic heterocycles. The Morgan fingerprint density at radius 3 is 2.66 bits per heavy atom. The van der Waals surface area contributed by atoms with Gasteiger partial charge in [-0.15, -0.1) is 0 Å². The van der Waals surface area contributed by atoms with Crippen molar-refractivity contribution in [1.29, 1.82) is 0 Å². The Kier molecular flexibility index (Phi) is 8.02. The molecule has 2 saturated heterocycles. The van der Waals surface area contributed by atoms with Gasteiger partial charge in [-0.25, -0.2) is 0 Å². The van der Waals surface area contributed by atoms with Crippen molar-refractivity contribution in [1.82, 2.24) is 20.4 Å². The summed E-state index contributed by atoms with van der Waals surface area (Å²) in [5, 5.41) is 5.93. The highest BCUT2D eigenvalue weighted by Crippen LogP contribution is 2.30. The number of furan rings is 1. The maximum atomic E-state index is 13.9. The lowest BCUT2D eigenvalue weighted by molar-refractivity contribution is -0.122. The summed E-state index contributed by atoms with van der Waals surface area (Å²) in [4.78, 5) is 43.9. The molecule has 1 aromatic carbocycles. The van der Waals surface area contributed by atoms with E-state index in [0.29, 0.717) is 56.0 Å². The van der Waals surface area contributed by atoms with Crippen LogP contribution < -0.4 is 15.4 Å². The molecule has 3 aliphatic rings. The molecule has 0 aliphatic carbocycles. The van der Waals surface area contributed by atoms with Crippen molar-refractivity contribution in [3.8, 4) is 5.75 Å². The molecule has 38 heavy (non-hydrogen) atoms. The highest BCUT2D eigenvalue weighted by molar-refractivity contribution is 5.95. The van der Waals surface area contributed by atoms with Crippen LogP contribution in [0.2, 0.25) is 0 Å². The lowest BCUT2D eigenvalue weighted by Crippen LogP contribution is -2.47. The zero-order chi connectivity index (χ0) is 26.6. The first-order valence-corrected chi connectivity index (χ1v) is 13.9. The van der Waals surface area contributed by atoms with E-state index in [9.17, 15) is 14.4 Å². The number of likely N-dealkylation sites (tertiary alicyclic amines) is 1. The number of benzene rings is 1. The van der Waals surface area contributed by atoms with Crippen LogP contribution in [0.25, 0.3) is 0 Å². The van der Waals surface area contributed by atoms with Gasteiger partial charge in [0.1, 0.15) is 18.1 Å². The Morgan fingerprint density at radius 2 is 1.87 bits per heavy atom. The van der Waals surface area contributed by atoms with Crippen LogP contribution in [-0.4, -0.2) is 72.4 Å². The van der Waals surface area contributed by atoms with Crippen LogP contribution in [0, 0.1) is 6.92 Å². The van der Waals surface area contributed by atoms with Gasteiger partial charge in [0.15, 0.2) is 5.76 Å². The van der Waals surface area contributed by atoms with Crippen molar-refractivity contribution in [2.75, 3.05) is 32.8 Å². The van der Waals surface area contributed by atoms with Crippen LogP contribution in [-0.2, 0) is 17.8 Å². The van der Waals surface area contributed by atoms with Crippen molar-refractivity contribution in [2.45, 2.75) is 71.0 Å². The summed E-state index contributed by atoms with van der Waals surface area (Å²) in [5.74, 6) is 1.22. The zero-order valence-electron chi connectivity index (χ0n) is 22.4. The van der Waals surface area contributed by atoms with E-state index in [4.69, 9.17) is 9.15 Å². The molecule has 0 spiro atoms. The maximum absolute atomic E-state index is 13.9. The molecule has 3 aliphatic heterocycles. The second kappa shape index (κ2) is 11.6. The van der Waals surface area contributed by atoms with Crippen molar-refractivity contribution >= 4 is 17.7 Å². The summed E-state index contributed by atoms with van der Waals surface area (Å²) < 4.78 is 11.9. The fourth-order valence-corrected chi connectivity index (χ4v) is 5.85. The number of carbonyl (C=O) groups is 3. The molecule has 2 atom stereocenters. The average molecular weight is 523 g/mol. The normalized spacial score (nSPS) is 22.8. The third kappa shape index (κ3) is 5.72. The molecule has 204 valence electrons. The Labute approximate surface area is 223 Å². The van der Waals surface area contributed by atoms with Crippen LogP contribution in [0.1, 0.15) is 76.8 Å². The number of aryl methyl sites for hydroxylation is 2. The predicted octanol–water partition coefficient (Wildman–Crippen LogP) is 3.05.